The lowest BCUT2D eigenvalue weighted by atomic mass is 9.96. The average Bonchev–Trinajstić information content (AvgIpc) is 3.00. The quantitative estimate of drug-likeness (QED) is 0.563. The number of halogens is 2. The molecule has 1 unspecified atom stereocenters. The second-order valence-corrected chi connectivity index (χ2v) is 8.11. The number of hydrogen-bond donors (Lipinski definition) is 1. The summed E-state index contributed by atoms with van der Waals surface area (Å²) >= 11 is 0. The maximum absolute atomic E-state index is 13.2. The molecule has 0 aliphatic heterocycles. The first kappa shape index (κ1) is 22.6. The number of alkyl halides is 2. The van der Waals surface area contributed by atoms with Crippen LogP contribution in [0.3, 0.4) is 0 Å². The van der Waals surface area contributed by atoms with E-state index in [9.17, 15) is 13.6 Å². The lowest BCUT2D eigenvalue weighted by Crippen LogP contribution is -2.53. The topological polar surface area (TPSA) is 71.8 Å². The molecule has 0 fully saturated rings. The molecule has 1 atom stereocenters. The Balaban J connectivity index is 1.86. The van der Waals surface area contributed by atoms with Crippen LogP contribution in [-0.4, -0.2) is 58.0 Å². The zero-order valence-electron chi connectivity index (χ0n) is 18.1. The van der Waals surface area contributed by atoms with Gasteiger partial charge in [-0.3, -0.25) is 9.78 Å². The van der Waals surface area contributed by atoms with Crippen LogP contribution < -0.4 is 10.1 Å². The number of fused-ring (bicyclic) bond motifs is 1. The number of aryl methyl sites for hydroxylation is 1. The van der Waals surface area contributed by atoms with E-state index in [4.69, 9.17) is 4.74 Å². The highest BCUT2D eigenvalue weighted by molar-refractivity contribution is 6.02. The Bertz CT molecular complexity index is 1030. The van der Waals surface area contributed by atoms with Crippen molar-refractivity contribution in [2.45, 2.75) is 38.8 Å². The van der Waals surface area contributed by atoms with E-state index >= 15 is 0 Å². The van der Waals surface area contributed by atoms with Crippen molar-refractivity contribution in [2.75, 3.05) is 20.6 Å². The molecule has 0 bridgehead atoms. The number of amides is 1. The number of carbonyl (C=O) groups is 1. The van der Waals surface area contributed by atoms with Gasteiger partial charge in [0.15, 0.2) is 0 Å². The van der Waals surface area contributed by atoms with Gasteiger partial charge in [0.2, 0.25) is 6.43 Å². The summed E-state index contributed by atoms with van der Waals surface area (Å²) in [7, 11) is 3.56. The molecule has 0 aliphatic carbocycles. The number of aromatic nitrogens is 3. The predicted molar refractivity (Wildman–Crippen MR) is 114 cm³/mol. The van der Waals surface area contributed by atoms with Gasteiger partial charge in [-0.15, -0.1) is 0 Å². The van der Waals surface area contributed by atoms with Crippen molar-refractivity contribution in [1.29, 1.82) is 0 Å². The van der Waals surface area contributed by atoms with Crippen LogP contribution in [0.25, 0.3) is 5.52 Å². The lowest BCUT2D eigenvalue weighted by molar-refractivity contribution is 0.0707. The van der Waals surface area contributed by atoms with E-state index in [2.05, 4.69) is 15.4 Å². The smallest absolute Gasteiger partial charge is 0.255 e. The van der Waals surface area contributed by atoms with Crippen LogP contribution in [0.2, 0.25) is 0 Å². The molecule has 0 spiro atoms. The number of likely N-dealkylation sites (N-methyl/N-ethyl adjacent to an activating group) is 1. The minimum atomic E-state index is -2.54. The molecule has 166 valence electrons. The van der Waals surface area contributed by atoms with Gasteiger partial charge in [0.1, 0.15) is 12.4 Å². The van der Waals surface area contributed by atoms with Crippen LogP contribution in [0, 0.1) is 6.92 Å². The van der Waals surface area contributed by atoms with E-state index in [1.807, 2.05) is 18.2 Å². The Morgan fingerprint density at radius 3 is 2.74 bits per heavy atom. The fourth-order valence-corrected chi connectivity index (χ4v) is 3.69. The summed E-state index contributed by atoms with van der Waals surface area (Å²) in [6.07, 6.45) is 0.398. The normalized spacial score (nSPS) is 13.5. The molecule has 0 saturated heterocycles. The van der Waals surface area contributed by atoms with Crippen LogP contribution in [-0.2, 0) is 6.61 Å². The molecule has 0 saturated carbocycles. The Morgan fingerprint density at radius 2 is 2.10 bits per heavy atom. The summed E-state index contributed by atoms with van der Waals surface area (Å²) in [4.78, 5) is 19.1. The van der Waals surface area contributed by atoms with Crippen LogP contribution in [0.5, 0.6) is 5.75 Å². The third-order valence-electron chi connectivity index (χ3n) is 4.81. The fraction of sp³-hybridized carbons (Fsp3) is 0.409. The molecule has 0 aromatic carbocycles. The number of hydrogen-bond acceptors (Lipinski definition) is 5. The van der Waals surface area contributed by atoms with Crippen LogP contribution >= 0.6 is 0 Å². The summed E-state index contributed by atoms with van der Waals surface area (Å²) < 4.78 is 33.7. The largest absolute Gasteiger partial charge is 0.487 e. The van der Waals surface area contributed by atoms with Crippen LogP contribution in [0.4, 0.5) is 8.78 Å². The number of ether oxygens (including phenoxy) is 1. The molecule has 0 radical (unpaired) electrons. The number of nitrogens with zero attached hydrogens (tertiary/aromatic N) is 4. The van der Waals surface area contributed by atoms with Crippen LogP contribution in [0.15, 0.2) is 42.7 Å². The summed E-state index contributed by atoms with van der Waals surface area (Å²) in [5.74, 6) is 0.107. The Labute approximate surface area is 180 Å². The van der Waals surface area contributed by atoms with Gasteiger partial charge in [-0.05, 0) is 46.1 Å². The Kier molecular flexibility index (Phi) is 6.84. The summed E-state index contributed by atoms with van der Waals surface area (Å²) in [5, 5.41) is 7.18. The van der Waals surface area contributed by atoms with Crippen molar-refractivity contribution in [1.82, 2.24) is 24.8 Å². The van der Waals surface area contributed by atoms with Gasteiger partial charge in [-0.25, -0.2) is 13.3 Å². The second kappa shape index (κ2) is 9.38. The monoisotopic (exact) mass is 431 g/mol. The number of pyridine rings is 2. The second-order valence-electron chi connectivity index (χ2n) is 8.11. The van der Waals surface area contributed by atoms with E-state index in [0.717, 1.165) is 5.69 Å². The minimum Gasteiger partial charge on any atom is -0.487 e. The Morgan fingerprint density at radius 1 is 1.32 bits per heavy atom. The standard InChI is InChI=1S/C22H27F2N5O2/c1-15-20(21(30)26-22(2,12-19(23)24)14-28(3)4)18-11-17(8-10-29(18)27-15)31-13-16-7-5-6-9-25-16/h5-11,19H,12-14H2,1-4H3,(H,26,30). The van der Waals surface area contributed by atoms with Gasteiger partial charge in [0, 0.05) is 31.4 Å². The molecule has 9 heteroatoms. The van der Waals surface area contributed by atoms with Gasteiger partial charge < -0.3 is 15.0 Å². The molecule has 1 amide bonds. The van der Waals surface area contributed by atoms with Crippen molar-refractivity contribution in [3.63, 3.8) is 0 Å². The van der Waals surface area contributed by atoms with Gasteiger partial charge in [0.05, 0.1) is 28.0 Å². The maximum Gasteiger partial charge on any atom is 0.255 e. The first-order valence-corrected chi connectivity index (χ1v) is 9.94. The number of rotatable bonds is 9. The van der Waals surface area contributed by atoms with Crippen molar-refractivity contribution >= 4 is 11.4 Å². The summed E-state index contributed by atoms with van der Waals surface area (Å²) in [6, 6.07) is 9.02. The third kappa shape index (κ3) is 5.75. The zero-order chi connectivity index (χ0) is 22.6. The Hall–Kier alpha value is -3.07. The first-order chi connectivity index (χ1) is 14.7. The van der Waals surface area contributed by atoms with Gasteiger partial charge in [-0.2, -0.15) is 5.10 Å². The van der Waals surface area contributed by atoms with Crippen molar-refractivity contribution in [3.05, 3.63) is 59.7 Å². The zero-order valence-corrected chi connectivity index (χ0v) is 18.1. The molecule has 3 aromatic heterocycles. The van der Waals surface area contributed by atoms with E-state index in [0.29, 0.717) is 22.5 Å². The van der Waals surface area contributed by atoms with E-state index < -0.39 is 24.3 Å². The fourth-order valence-electron chi connectivity index (χ4n) is 3.69. The van der Waals surface area contributed by atoms with Crippen molar-refractivity contribution < 1.29 is 18.3 Å². The van der Waals surface area contributed by atoms with Gasteiger partial charge in [-0.1, -0.05) is 6.07 Å². The molecule has 31 heavy (non-hydrogen) atoms. The molecule has 3 heterocycles. The lowest BCUT2D eigenvalue weighted by Gasteiger charge is -2.33. The summed E-state index contributed by atoms with van der Waals surface area (Å²) in [5.41, 5.74) is 1.06. The average molecular weight is 431 g/mol. The third-order valence-corrected chi connectivity index (χ3v) is 4.81. The maximum atomic E-state index is 13.2. The van der Waals surface area contributed by atoms with Crippen molar-refractivity contribution in [2.24, 2.45) is 0 Å². The molecular weight excluding hydrogens is 404 g/mol. The first-order valence-electron chi connectivity index (χ1n) is 9.94. The highest BCUT2D eigenvalue weighted by atomic mass is 19.3. The number of carbonyl (C=O) groups excluding carboxylic acids is 1. The minimum absolute atomic E-state index is 0.278. The molecule has 1 N–H and O–H groups in total. The van der Waals surface area contributed by atoms with E-state index in [1.165, 1.54) is 0 Å². The van der Waals surface area contributed by atoms with Crippen LogP contribution in [0.1, 0.15) is 35.1 Å². The highest BCUT2D eigenvalue weighted by Crippen LogP contribution is 2.23. The molecule has 0 aliphatic rings. The highest BCUT2D eigenvalue weighted by Gasteiger charge is 2.32. The molecular formula is C22H27F2N5O2. The van der Waals surface area contributed by atoms with Gasteiger partial charge in [0.25, 0.3) is 5.91 Å². The SMILES string of the molecule is Cc1nn2ccc(OCc3ccccn3)cc2c1C(=O)NC(C)(CC(F)F)CN(C)C. The van der Waals surface area contributed by atoms with E-state index in [-0.39, 0.29) is 13.2 Å². The van der Waals surface area contributed by atoms with Gasteiger partial charge >= 0.3 is 0 Å². The number of nitrogens with one attached hydrogen (secondary N) is 1. The summed E-state index contributed by atoms with van der Waals surface area (Å²) in [6.45, 7) is 3.90. The predicted octanol–water partition coefficient (Wildman–Crippen LogP) is 3.32. The van der Waals surface area contributed by atoms with Crippen molar-refractivity contribution in [3.8, 4) is 5.75 Å². The molecule has 3 aromatic rings. The molecule has 3 rings (SSSR count). The van der Waals surface area contributed by atoms with E-state index in [1.54, 1.807) is 61.9 Å². The molecule has 7 nitrogen and oxygen atoms in total.